The van der Waals surface area contributed by atoms with Crippen LogP contribution in [0.2, 0.25) is 0 Å². The van der Waals surface area contributed by atoms with Gasteiger partial charge in [-0.05, 0) is 77.0 Å². The highest BCUT2D eigenvalue weighted by Gasteiger charge is 2.52. The van der Waals surface area contributed by atoms with E-state index in [1.807, 2.05) is 32.9 Å². The van der Waals surface area contributed by atoms with Crippen molar-refractivity contribution in [3.63, 3.8) is 0 Å². The SMILES string of the molecule is CC(C)(C)OC(=O)NC12CCC(C(=O)Cc3ccc([S+]([O-])CN)cc3)(CC1)CC2. The van der Waals surface area contributed by atoms with E-state index in [-0.39, 0.29) is 28.7 Å². The van der Waals surface area contributed by atoms with Gasteiger partial charge in [-0.3, -0.25) is 10.5 Å². The molecule has 1 aromatic rings. The highest BCUT2D eigenvalue weighted by molar-refractivity contribution is 7.91. The van der Waals surface area contributed by atoms with Crippen molar-refractivity contribution >= 4 is 23.1 Å². The van der Waals surface area contributed by atoms with Crippen LogP contribution in [0.1, 0.15) is 64.9 Å². The quantitative estimate of drug-likeness (QED) is 0.686. The molecule has 2 bridgehead atoms. The fraction of sp³-hybridized carbons (Fsp3) is 0.636. The molecule has 0 radical (unpaired) electrons. The number of alkyl carbamates (subject to hydrolysis) is 1. The van der Waals surface area contributed by atoms with Crippen molar-refractivity contribution in [2.24, 2.45) is 11.1 Å². The summed E-state index contributed by atoms with van der Waals surface area (Å²) in [7, 11) is 0. The Bertz CT molecular complexity index is 733. The molecule has 29 heavy (non-hydrogen) atoms. The zero-order valence-corrected chi connectivity index (χ0v) is 18.4. The highest BCUT2D eigenvalue weighted by atomic mass is 32.2. The van der Waals surface area contributed by atoms with E-state index in [0.717, 1.165) is 44.1 Å². The van der Waals surface area contributed by atoms with Crippen LogP contribution in [0.5, 0.6) is 0 Å². The van der Waals surface area contributed by atoms with Gasteiger partial charge in [0.1, 0.15) is 11.4 Å². The second-order valence-electron chi connectivity index (χ2n) is 9.44. The maximum Gasteiger partial charge on any atom is 0.408 e. The zero-order valence-electron chi connectivity index (χ0n) is 17.6. The van der Waals surface area contributed by atoms with Crippen LogP contribution < -0.4 is 11.1 Å². The number of fused-ring (bicyclic) bond motifs is 3. The number of carbonyl (C=O) groups is 2. The summed E-state index contributed by atoms with van der Waals surface area (Å²) >= 11 is -1.19. The number of nitrogens with two attached hydrogens (primary N) is 1. The van der Waals surface area contributed by atoms with Gasteiger partial charge in [0.25, 0.3) is 0 Å². The van der Waals surface area contributed by atoms with Crippen LogP contribution in [0, 0.1) is 5.41 Å². The molecule has 1 atom stereocenters. The second-order valence-corrected chi connectivity index (χ2v) is 10.9. The Labute approximate surface area is 176 Å². The summed E-state index contributed by atoms with van der Waals surface area (Å²) in [6.45, 7) is 5.57. The van der Waals surface area contributed by atoms with E-state index in [2.05, 4.69) is 5.32 Å². The number of hydrogen-bond acceptors (Lipinski definition) is 5. The summed E-state index contributed by atoms with van der Waals surface area (Å²) in [5.41, 5.74) is 5.35. The van der Waals surface area contributed by atoms with E-state index >= 15 is 0 Å². The van der Waals surface area contributed by atoms with E-state index in [0.29, 0.717) is 11.3 Å². The Hall–Kier alpha value is -1.57. The summed E-state index contributed by atoms with van der Waals surface area (Å²) in [4.78, 5) is 26.1. The molecule has 1 unspecified atom stereocenters. The van der Waals surface area contributed by atoms with Gasteiger partial charge in [0.15, 0.2) is 10.8 Å². The largest absolute Gasteiger partial charge is 0.610 e. The topological polar surface area (TPSA) is 104 Å². The fourth-order valence-electron chi connectivity index (χ4n) is 4.54. The van der Waals surface area contributed by atoms with Crippen LogP contribution >= 0.6 is 0 Å². The lowest BCUT2D eigenvalue weighted by molar-refractivity contribution is -0.135. The second kappa shape index (κ2) is 8.28. The predicted molar refractivity (Wildman–Crippen MR) is 113 cm³/mol. The third-order valence-corrected chi connectivity index (χ3v) is 7.41. The van der Waals surface area contributed by atoms with Crippen LogP contribution in [-0.2, 0) is 27.1 Å². The molecule has 0 heterocycles. The van der Waals surface area contributed by atoms with Crippen molar-refractivity contribution in [2.75, 3.05) is 5.88 Å². The molecule has 3 aliphatic carbocycles. The molecule has 6 nitrogen and oxygen atoms in total. The van der Waals surface area contributed by atoms with Gasteiger partial charge >= 0.3 is 6.09 Å². The van der Waals surface area contributed by atoms with Crippen molar-refractivity contribution < 1.29 is 18.9 Å². The first kappa shape index (κ1) is 22.1. The van der Waals surface area contributed by atoms with Gasteiger partial charge in [-0.2, -0.15) is 0 Å². The lowest BCUT2D eigenvalue weighted by atomic mass is 9.55. The number of nitrogens with one attached hydrogen (secondary N) is 1. The van der Waals surface area contributed by atoms with Crippen molar-refractivity contribution in [1.82, 2.24) is 5.32 Å². The molecule has 3 fully saturated rings. The van der Waals surface area contributed by atoms with Gasteiger partial charge in [0.05, 0.1) is 0 Å². The molecule has 3 aliphatic rings. The molecule has 0 aromatic heterocycles. The maximum absolute atomic E-state index is 13.1. The van der Waals surface area contributed by atoms with Crippen molar-refractivity contribution in [1.29, 1.82) is 0 Å². The standard InChI is InChI=1S/C22H32N2O4S/c1-20(2,3)28-19(26)24-22-11-8-21(9-12-22,10-13-22)18(25)14-16-4-6-17(7-5-16)29(27)15-23/h4-7H,8-15,23H2,1-3H3,(H,24,26). The van der Waals surface area contributed by atoms with Crippen LogP contribution in [0.25, 0.3) is 0 Å². The van der Waals surface area contributed by atoms with Crippen LogP contribution in [0.4, 0.5) is 4.79 Å². The molecule has 160 valence electrons. The minimum absolute atomic E-state index is 0.0977. The molecule has 3 N–H and O–H groups in total. The molecule has 3 saturated carbocycles. The average Bonchev–Trinajstić information content (AvgIpc) is 2.67. The van der Waals surface area contributed by atoms with Crippen LogP contribution in [0.15, 0.2) is 29.2 Å². The average molecular weight is 421 g/mol. The number of Topliss-reactive ketones (excluding diaryl/α,β-unsaturated/α-hetero) is 1. The summed E-state index contributed by atoms with van der Waals surface area (Å²) in [6, 6.07) is 7.33. The molecule has 7 heteroatoms. The van der Waals surface area contributed by atoms with E-state index in [9.17, 15) is 14.1 Å². The van der Waals surface area contributed by atoms with Crippen molar-refractivity contribution in [3.05, 3.63) is 29.8 Å². The molecule has 1 amide bonds. The molecule has 1 aromatic carbocycles. The van der Waals surface area contributed by atoms with Crippen molar-refractivity contribution in [3.8, 4) is 0 Å². The predicted octanol–water partition coefficient (Wildman–Crippen LogP) is 3.44. The lowest BCUT2D eigenvalue weighted by Crippen LogP contribution is -2.59. The van der Waals surface area contributed by atoms with Crippen LogP contribution in [-0.4, -0.2) is 33.4 Å². The van der Waals surface area contributed by atoms with E-state index in [1.54, 1.807) is 12.1 Å². The van der Waals surface area contributed by atoms with Crippen LogP contribution in [0.3, 0.4) is 0 Å². The Morgan fingerprint density at radius 2 is 1.66 bits per heavy atom. The zero-order chi connectivity index (χ0) is 21.3. The molecule has 0 saturated heterocycles. The van der Waals surface area contributed by atoms with Crippen molar-refractivity contribution in [2.45, 2.75) is 81.8 Å². The number of benzene rings is 1. The Morgan fingerprint density at radius 3 is 2.14 bits per heavy atom. The normalized spacial score (nSPS) is 27.3. The Balaban J connectivity index is 1.58. The highest BCUT2D eigenvalue weighted by Crippen LogP contribution is 2.53. The summed E-state index contributed by atoms with van der Waals surface area (Å²) in [6.07, 6.45) is 4.87. The van der Waals surface area contributed by atoms with Gasteiger partial charge in [0.2, 0.25) is 0 Å². The number of ether oxygens (including phenoxy) is 1. The third kappa shape index (κ3) is 5.13. The first-order valence-electron chi connectivity index (χ1n) is 10.3. The molecular formula is C22H32N2O4S. The number of carbonyl (C=O) groups excluding carboxylic acids is 2. The summed E-state index contributed by atoms with van der Waals surface area (Å²) in [5, 5.41) is 3.09. The molecular weight excluding hydrogens is 388 g/mol. The minimum atomic E-state index is -1.19. The van der Waals surface area contributed by atoms with E-state index in [1.165, 1.54) is 0 Å². The molecule has 0 spiro atoms. The summed E-state index contributed by atoms with van der Waals surface area (Å²) < 4.78 is 17.2. The monoisotopic (exact) mass is 420 g/mol. The maximum atomic E-state index is 13.1. The Kier molecular flexibility index (Phi) is 6.32. The van der Waals surface area contributed by atoms with Gasteiger partial charge in [-0.15, -0.1) is 0 Å². The number of hydrogen-bond donors (Lipinski definition) is 2. The first-order valence-corrected chi connectivity index (χ1v) is 11.6. The number of amides is 1. The van der Waals surface area contributed by atoms with Gasteiger partial charge in [-0.25, -0.2) is 4.79 Å². The molecule has 4 rings (SSSR count). The summed E-state index contributed by atoms with van der Waals surface area (Å²) in [5.74, 6) is 0.372. The van der Waals surface area contributed by atoms with E-state index < -0.39 is 16.8 Å². The first-order chi connectivity index (χ1) is 13.6. The number of ketones is 1. The number of rotatable bonds is 6. The minimum Gasteiger partial charge on any atom is -0.610 e. The van der Waals surface area contributed by atoms with Gasteiger partial charge in [0, 0.05) is 28.6 Å². The van der Waals surface area contributed by atoms with Gasteiger partial charge in [-0.1, -0.05) is 12.1 Å². The molecule has 0 aliphatic heterocycles. The fourth-order valence-corrected chi connectivity index (χ4v) is 5.17. The Morgan fingerprint density at radius 1 is 1.10 bits per heavy atom. The van der Waals surface area contributed by atoms with E-state index in [4.69, 9.17) is 10.5 Å². The smallest absolute Gasteiger partial charge is 0.408 e. The van der Waals surface area contributed by atoms with Gasteiger partial charge < -0.3 is 14.6 Å². The lowest BCUT2D eigenvalue weighted by Gasteiger charge is -2.52. The third-order valence-electron chi connectivity index (χ3n) is 6.31.